The van der Waals surface area contributed by atoms with Gasteiger partial charge in [-0.25, -0.2) is 0 Å². The Bertz CT molecular complexity index is 315. The van der Waals surface area contributed by atoms with Crippen LogP contribution >= 0.6 is 0 Å². The van der Waals surface area contributed by atoms with Crippen molar-refractivity contribution >= 4 is 5.91 Å². The van der Waals surface area contributed by atoms with Crippen molar-refractivity contribution in [3.63, 3.8) is 0 Å². The van der Waals surface area contributed by atoms with Gasteiger partial charge in [0.1, 0.15) is 5.69 Å². The van der Waals surface area contributed by atoms with Crippen LogP contribution in [0.2, 0.25) is 0 Å². The maximum Gasteiger partial charge on any atom is 0.269 e. The molecule has 1 amide bonds. The van der Waals surface area contributed by atoms with E-state index in [4.69, 9.17) is 0 Å². The smallest absolute Gasteiger partial charge is 0.269 e. The van der Waals surface area contributed by atoms with Crippen LogP contribution in [0, 0.1) is 0 Å². The maximum atomic E-state index is 11.3. The van der Waals surface area contributed by atoms with Gasteiger partial charge in [-0.3, -0.25) is 9.48 Å². The Morgan fingerprint density at radius 1 is 1.62 bits per heavy atom. The predicted molar refractivity (Wildman–Crippen MR) is 50.7 cm³/mol. The minimum absolute atomic E-state index is 0.0955. The van der Waals surface area contributed by atoms with Crippen LogP contribution < -0.4 is 5.32 Å². The molecule has 4 nitrogen and oxygen atoms in total. The Morgan fingerprint density at radius 3 is 2.62 bits per heavy atom. The molecule has 0 atom stereocenters. The molecule has 72 valence electrons. The van der Waals surface area contributed by atoms with Crippen molar-refractivity contribution in [2.75, 3.05) is 7.05 Å². The van der Waals surface area contributed by atoms with Gasteiger partial charge in [-0.2, -0.15) is 5.10 Å². The monoisotopic (exact) mass is 181 g/mol. The average Bonchev–Trinajstić information content (AvgIpc) is 2.46. The molecule has 0 spiro atoms. The van der Waals surface area contributed by atoms with E-state index in [1.54, 1.807) is 18.8 Å². The molecule has 0 aliphatic heterocycles. The third-order valence-electron chi connectivity index (χ3n) is 1.95. The van der Waals surface area contributed by atoms with Gasteiger partial charge in [0.2, 0.25) is 0 Å². The summed E-state index contributed by atoms with van der Waals surface area (Å²) in [7, 11) is 3.39. The second-order valence-corrected chi connectivity index (χ2v) is 3.31. The van der Waals surface area contributed by atoms with Crippen molar-refractivity contribution in [2.45, 2.75) is 19.8 Å². The predicted octanol–water partition coefficient (Wildman–Crippen LogP) is 0.903. The van der Waals surface area contributed by atoms with Gasteiger partial charge >= 0.3 is 0 Å². The van der Waals surface area contributed by atoms with E-state index in [2.05, 4.69) is 24.3 Å². The molecular formula is C9H15N3O. The minimum Gasteiger partial charge on any atom is -0.354 e. The summed E-state index contributed by atoms with van der Waals surface area (Å²) in [6.45, 7) is 4.10. The van der Waals surface area contributed by atoms with Crippen molar-refractivity contribution in [3.05, 3.63) is 17.5 Å². The number of carbonyl (C=O) groups is 1. The van der Waals surface area contributed by atoms with E-state index in [0.717, 1.165) is 5.69 Å². The third-order valence-corrected chi connectivity index (χ3v) is 1.95. The second kappa shape index (κ2) is 3.60. The molecule has 1 heterocycles. The van der Waals surface area contributed by atoms with E-state index < -0.39 is 0 Å². The van der Waals surface area contributed by atoms with E-state index in [0.29, 0.717) is 11.6 Å². The molecule has 1 aromatic heterocycles. The van der Waals surface area contributed by atoms with Gasteiger partial charge in [-0.1, -0.05) is 13.8 Å². The third kappa shape index (κ3) is 1.88. The highest BCUT2D eigenvalue weighted by Gasteiger charge is 2.12. The van der Waals surface area contributed by atoms with Crippen LogP contribution in [0.4, 0.5) is 0 Å². The number of hydrogen-bond donors (Lipinski definition) is 1. The quantitative estimate of drug-likeness (QED) is 0.737. The first kappa shape index (κ1) is 9.77. The van der Waals surface area contributed by atoms with Gasteiger partial charge in [0.15, 0.2) is 0 Å². The number of hydrogen-bond acceptors (Lipinski definition) is 2. The Hall–Kier alpha value is -1.32. The first-order valence-corrected chi connectivity index (χ1v) is 4.32. The molecule has 0 fully saturated rings. The average molecular weight is 181 g/mol. The summed E-state index contributed by atoms with van der Waals surface area (Å²) in [6, 6.07) is 1.82. The SMILES string of the molecule is CNC(=O)c1cc(C(C)C)nn1C. The normalized spacial score (nSPS) is 10.5. The highest BCUT2D eigenvalue weighted by Crippen LogP contribution is 2.13. The lowest BCUT2D eigenvalue weighted by molar-refractivity contribution is 0.0954. The summed E-state index contributed by atoms with van der Waals surface area (Å²) in [5, 5.41) is 6.81. The Labute approximate surface area is 77.9 Å². The molecule has 0 saturated carbocycles. The molecule has 13 heavy (non-hydrogen) atoms. The fraction of sp³-hybridized carbons (Fsp3) is 0.556. The zero-order chi connectivity index (χ0) is 10.0. The van der Waals surface area contributed by atoms with Crippen LogP contribution in [0.3, 0.4) is 0 Å². The van der Waals surface area contributed by atoms with Crippen LogP contribution in [-0.2, 0) is 7.05 Å². The van der Waals surface area contributed by atoms with Gasteiger partial charge in [-0.15, -0.1) is 0 Å². The number of aromatic nitrogens is 2. The van der Waals surface area contributed by atoms with Crippen molar-refractivity contribution in [2.24, 2.45) is 7.05 Å². The van der Waals surface area contributed by atoms with Crippen molar-refractivity contribution in [1.82, 2.24) is 15.1 Å². The minimum atomic E-state index is -0.0955. The summed E-state index contributed by atoms with van der Waals surface area (Å²) in [4.78, 5) is 11.3. The number of rotatable bonds is 2. The van der Waals surface area contributed by atoms with Crippen LogP contribution in [0.15, 0.2) is 6.07 Å². The van der Waals surface area contributed by atoms with Gasteiger partial charge in [0.25, 0.3) is 5.91 Å². The number of aryl methyl sites for hydroxylation is 1. The van der Waals surface area contributed by atoms with E-state index in [1.165, 1.54) is 0 Å². The fourth-order valence-electron chi connectivity index (χ4n) is 1.11. The number of nitrogens with one attached hydrogen (secondary N) is 1. The highest BCUT2D eigenvalue weighted by molar-refractivity contribution is 5.92. The van der Waals surface area contributed by atoms with Crippen molar-refractivity contribution in [3.8, 4) is 0 Å². The van der Waals surface area contributed by atoms with Crippen LogP contribution in [0.25, 0.3) is 0 Å². The van der Waals surface area contributed by atoms with E-state index in [9.17, 15) is 4.79 Å². The molecular weight excluding hydrogens is 166 g/mol. The van der Waals surface area contributed by atoms with Crippen molar-refractivity contribution in [1.29, 1.82) is 0 Å². The number of amides is 1. The van der Waals surface area contributed by atoms with Crippen LogP contribution in [0.1, 0.15) is 35.9 Å². The van der Waals surface area contributed by atoms with E-state index in [-0.39, 0.29) is 5.91 Å². The summed E-state index contributed by atoms with van der Waals surface area (Å²) in [5.74, 6) is 0.256. The molecule has 4 heteroatoms. The summed E-state index contributed by atoms with van der Waals surface area (Å²) >= 11 is 0. The van der Waals surface area contributed by atoms with Gasteiger partial charge in [0.05, 0.1) is 5.69 Å². The maximum absolute atomic E-state index is 11.3. The number of carbonyl (C=O) groups excluding carboxylic acids is 1. The topological polar surface area (TPSA) is 46.9 Å². The molecule has 0 aliphatic carbocycles. The Kier molecular flexibility index (Phi) is 2.70. The summed E-state index contributed by atoms with van der Waals surface area (Å²) < 4.78 is 1.61. The standard InChI is InChI=1S/C9H15N3O/c1-6(2)7-5-8(9(13)10-3)12(4)11-7/h5-6H,1-4H3,(H,10,13). The van der Waals surface area contributed by atoms with E-state index >= 15 is 0 Å². The van der Waals surface area contributed by atoms with E-state index in [1.807, 2.05) is 6.07 Å². The van der Waals surface area contributed by atoms with Gasteiger partial charge in [0, 0.05) is 14.1 Å². The highest BCUT2D eigenvalue weighted by atomic mass is 16.1. The van der Waals surface area contributed by atoms with Crippen LogP contribution in [-0.4, -0.2) is 22.7 Å². The number of nitrogens with zero attached hydrogens (tertiary/aromatic N) is 2. The Morgan fingerprint density at radius 2 is 2.23 bits per heavy atom. The molecule has 0 radical (unpaired) electrons. The fourth-order valence-corrected chi connectivity index (χ4v) is 1.11. The molecule has 0 saturated heterocycles. The second-order valence-electron chi connectivity index (χ2n) is 3.31. The molecule has 0 unspecified atom stereocenters. The van der Waals surface area contributed by atoms with Gasteiger partial charge in [-0.05, 0) is 12.0 Å². The summed E-state index contributed by atoms with van der Waals surface area (Å²) in [5.41, 5.74) is 1.55. The van der Waals surface area contributed by atoms with Gasteiger partial charge < -0.3 is 5.32 Å². The lowest BCUT2D eigenvalue weighted by Crippen LogP contribution is -2.20. The van der Waals surface area contributed by atoms with Crippen molar-refractivity contribution < 1.29 is 4.79 Å². The Balaban J connectivity index is 3.03. The molecule has 1 rings (SSSR count). The molecule has 0 bridgehead atoms. The largest absolute Gasteiger partial charge is 0.354 e. The summed E-state index contributed by atoms with van der Waals surface area (Å²) in [6.07, 6.45) is 0. The zero-order valence-corrected chi connectivity index (χ0v) is 8.46. The lowest BCUT2D eigenvalue weighted by Gasteiger charge is -1.97. The molecule has 1 N–H and O–H groups in total. The van der Waals surface area contributed by atoms with Crippen LogP contribution in [0.5, 0.6) is 0 Å². The molecule has 0 aromatic carbocycles. The lowest BCUT2D eigenvalue weighted by atomic mass is 10.1. The molecule has 0 aliphatic rings. The zero-order valence-electron chi connectivity index (χ0n) is 8.46. The molecule has 1 aromatic rings. The first-order chi connectivity index (χ1) is 6.06. The first-order valence-electron chi connectivity index (χ1n) is 4.32.